The molecule has 0 aliphatic rings. The number of anilines is 1. The van der Waals surface area contributed by atoms with E-state index in [2.05, 4.69) is 28.2 Å². The summed E-state index contributed by atoms with van der Waals surface area (Å²) in [6.45, 7) is 3.29. The van der Waals surface area contributed by atoms with Gasteiger partial charge in [0.05, 0.1) is 12.8 Å². The maximum atomic E-state index is 5.24. The SMILES string of the molecule is CCCCCCCCCCNc1cc(OC)ccc1Br. The van der Waals surface area contributed by atoms with Gasteiger partial charge >= 0.3 is 0 Å². The number of hydrogen-bond acceptors (Lipinski definition) is 2. The molecule has 0 heterocycles. The van der Waals surface area contributed by atoms with Crippen molar-refractivity contribution >= 4 is 21.6 Å². The second kappa shape index (κ2) is 11.0. The first kappa shape index (κ1) is 17.4. The summed E-state index contributed by atoms with van der Waals surface area (Å²) >= 11 is 3.56. The molecule has 0 unspecified atom stereocenters. The molecule has 1 aromatic rings. The fourth-order valence-corrected chi connectivity index (χ4v) is 2.64. The highest BCUT2D eigenvalue weighted by Crippen LogP contribution is 2.27. The zero-order chi connectivity index (χ0) is 14.6. The lowest BCUT2D eigenvalue weighted by Gasteiger charge is -2.10. The molecule has 3 heteroatoms. The first-order valence-electron chi connectivity index (χ1n) is 7.85. The number of halogens is 1. The van der Waals surface area contributed by atoms with Crippen LogP contribution in [-0.2, 0) is 0 Å². The van der Waals surface area contributed by atoms with Crippen molar-refractivity contribution in [2.75, 3.05) is 19.0 Å². The summed E-state index contributed by atoms with van der Waals surface area (Å²) in [5.74, 6) is 0.895. The molecule has 0 fully saturated rings. The molecule has 1 N–H and O–H groups in total. The molecule has 0 saturated carbocycles. The van der Waals surface area contributed by atoms with Crippen molar-refractivity contribution in [2.24, 2.45) is 0 Å². The van der Waals surface area contributed by atoms with Crippen LogP contribution in [0.2, 0.25) is 0 Å². The molecule has 114 valence electrons. The Hall–Kier alpha value is -0.700. The predicted octanol–water partition coefficient (Wildman–Crippen LogP) is 6.01. The normalized spacial score (nSPS) is 10.6. The molecular weight excluding hydrogens is 314 g/mol. The van der Waals surface area contributed by atoms with Gasteiger partial charge in [-0.25, -0.2) is 0 Å². The largest absolute Gasteiger partial charge is 0.497 e. The monoisotopic (exact) mass is 341 g/mol. The lowest BCUT2D eigenvalue weighted by molar-refractivity contribution is 0.415. The van der Waals surface area contributed by atoms with Gasteiger partial charge in [-0.1, -0.05) is 51.9 Å². The first-order valence-corrected chi connectivity index (χ1v) is 8.64. The molecule has 0 radical (unpaired) electrons. The zero-order valence-electron chi connectivity index (χ0n) is 12.9. The van der Waals surface area contributed by atoms with Crippen LogP contribution in [0.15, 0.2) is 22.7 Å². The third-order valence-electron chi connectivity index (χ3n) is 3.52. The number of unbranched alkanes of at least 4 members (excludes halogenated alkanes) is 7. The average molecular weight is 342 g/mol. The highest BCUT2D eigenvalue weighted by atomic mass is 79.9. The molecule has 0 bridgehead atoms. The Bertz CT molecular complexity index is 368. The van der Waals surface area contributed by atoms with E-state index in [0.717, 1.165) is 22.5 Å². The number of benzene rings is 1. The summed E-state index contributed by atoms with van der Waals surface area (Å²) in [5, 5.41) is 3.47. The fourth-order valence-electron chi connectivity index (χ4n) is 2.25. The van der Waals surface area contributed by atoms with Gasteiger partial charge in [-0.2, -0.15) is 0 Å². The lowest BCUT2D eigenvalue weighted by atomic mass is 10.1. The second-order valence-corrected chi connectivity index (χ2v) is 6.10. The van der Waals surface area contributed by atoms with E-state index in [4.69, 9.17) is 4.74 Å². The molecule has 20 heavy (non-hydrogen) atoms. The Balaban J connectivity index is 2.09. The van der Waals surface area contributed by atoms with Crippen LogP contribution in [-0.4, -0.2) is 13.7 Å². The molecule has 0 aliphatic carbocycles. The molecule has 0 spiro atoms. The molecule has 0 aliphatic heterocycles. The topological polar surface area (TPSA) is 21.3 Å². The highest BCUT2D eigenvalue weighted by molar-refractivity contribution is 9.10. The molecule has 2 nitrogen and oxygen atoms in total. The van der Waals surface area contributed by atoms with Crippen molar-refractivity contribution in [1.82, 2.24) is 0 Å². The molecule has 1 rings (SSSR count). The van der Waals surface area contributed by atoms with Crippen LogP contribution in [0, 0.1) is 0 Å². The summed E-state index contributed by atoms with van der Waals surface area (Å²) in [7, 11) is 1.70. The highest BCUT2D eigenvalue weighted by Gasteiger charge is 2.01. The van der Waals surface area contributed by atoms with Gasteiger partial charge in [0.25, 0.3) is 0 Å². The second-order valence-electron chi connectivity index (χ2n) is 5.25. The van der Waals surface area contributed by atoms with Crippen LogP contribution in [0.3, 0.4) is 0 Å². The van der Waals surface area contributed by atoms with Gasteiger partial charge in [0.2, 0.25) is 0 Å². The van der Waals surface area contributed by atoms with E-state index >= 15 is 0 Å². The van der Waals surface area contributed by atoms with E-state index in [1.807, 2.05) is 18.2 Å². The molecule has 0 atom stereocenters. The quantitative estimate of drug-likeness (QED) is 0.497. The number of ether oxygens (including phenoxy) is 1. The van der Waals surface area contributed by atoms with Gasteiger partial charge in [0.1, 0.15) is 5.75 Å². The summed E-state index contributed by atoms with van der Waals surface area (Å²) < 4.78 is 6.34. The summed E-state index contributed by atoms with van der Waals surface area (Å²) in [4.78, 5) is 0. The molecule has 0 saturated heterocycles. The molecular formula is C17H28BrNO. The van der Waals surface area contributed by atoms with Gasteiger partial charge in [0, 0.05) is 17.1 Å². The van der Waals surface area contributed by atoms with Crippen molar-refractivity contribution in [2.45, 2.75) is 58.3 Å². The third kappa shape index (κ3) is 7.18. The van der Waals surface area contributed by atoms with Gasteiger partial charge in [-0.3, -0.25) is 0 Å². The minimum absolute atomic E-state index is 0.895. The standard InChI is InChI=1S/C17H28BrNO/c1-3-4-5-6-7-8-9-10-13-19-17-14-15(20-2)11-12-16(17)18/h11-12,14,19H,3-10,13H2,1-2H3. The van der Waals surface area contributed by atoms with Crippen molar-refractivity contribution in [3.05, 3.63) is 22.7 Å². The number of hydrogen-bond donors (Lipinski definition) is 1. The minimum Gasteiger partial charge on any atom is -0.497 e. The Kier molecular flexibility index (Phi) is 9.56. The zero-order valence-corrected chi connectivity index (χ0v) is 14.5. The Labute approximate surface area is 132 Å². The molecule has 0 amide bonds. The van der Waals surface area contributed by atoms with Gasteiger partial charge in [-0.15, -0.1) is 0 Å². The Morgan fingerprint density at radius 2 is 1.65 bits per heavy atom. The van der Waals surface area contributed by atoms with E-state index in [-0.39, 0.29) is 0 Å². The molecule has 1 aromatic carbocycles. The van der Waals surface area contributed by atoms with E-state index in [0.29, 0.717) is 0 Å². The third-order valence-corrected chi connectivity index (χ3v) is 4.21. The van der Waals surface area contributed by atoms with Crippen LogP contribution in [0.1, 0.15) is 58.3 Å². The maximum absolute atomic E-state index is 5.24. The Morgan fingerprint density at radius 1 is 1.00 bits per heavy atom. The van der Waals surface area contributed by atoms with Crippen molar-refractivity contribution in [3.8, 4) is 5.75 Å². The number of rotatable bonds is 11. The first-order chi connectivity index (χ1) is 9.77. The van der Waals surface area contributed by atoms with Crippen LogP contribution < -0.4 is 10.1 Å². The minimum atomic E-state index is 0.895. The lowest BCUT2D eigenvalue weighted by Crippen LogP contribution is -2.02. The molecule has 0 aromatic heterocycles. The van der Waals surface area contributed by atoms with Gasteiger partial charge in [-0.05, 0) is 34.5 Å². The number of methoxy groups -OCH3 is 1. The summed E-state index contributed by atoms with van der Waals surface area (Å²) in [5.41, 5.74) is 1.12. The summed E-state index contributed by atoms with van der Waals surface area (Å²) in [6, 6.07) is 6.02. The number of nitrogens with one attached hydrogen (secondary N) is 1. The maximum Gasteiger partial charge on any atom is 0.121 e. The van der Waals surface area contributed by atoms with Crippen LogP contribution in [0.4, 0.5) is 5.69 Å². The van der Waals surface area contributed by atoms with Gasteiger partial charge < -0.3 is 10.1 Å². The van der Waals surface area contributed by atoms with Crippen molar-refractivity contribution < 1.29 is 4.74 Å². The Morgan fingerprint density at radius 3 is 2.30 bits per heavy atom. The van der Waals surface area contributed by atoms with Crippen molar-refractivity contribution in [3.63, 3.8) is 0 Å². The van der Waals surface area contributed by atoms with E-state index < -0.39 is 0 Å². The van der Waals surface area contributed by atoms with E-state index in [9.17, 15) is 0 Å². The summed E-state index contributed by atoms with van der Waals surface area (Å²) in [6.07, 6.45) is 10.9. The van der Waals surface area contributed by atoms with Crippen LogP contribution in [0.25, 0.3) is 0 Å². The van der Waals surface area contributed by atoms with E-state index in [1.165, 1.54) is 51.4 Å². The van der Waals surface area contributed by atoms with Gasteiger partial charge in [0.15, 0.2) is 0 Å². The van der Waals surface area contributed by atoms with Crippen LogP contribution in [0.5, 0.6) is 5.75 Å². The predicted molar refractivity (Wildman–Crippen MR) is 91.8 cm³/mol. The fraction of sp³-hybridized carbons (Fsp3) is 0.647. The average Bonchev–Trinajstić information content (AvgIpc) is 2.47. The van der Waals surface area contributed by atoms with Crippen molar-refractivity contribution in [1.29, 1.82) is 0 Å². The smallest absolute Gasteiger partial charge is 0.121 e. The van der Waals surface area contributed by atoms with Crippen LogP contribution >= 0.6 is 15.9 Å². The van der Waals surface area contributed by atoms with E-state index in [1.54, 1.807) is 7.11 Å².